The molecule has 26 heavy (non-hydrogen) atoms. The van der Waals surface area contributed by atoms with Gasteiger partial charge in [-0.25, -0.2) is 10.2 Å². The molecule has 0 radical (unpaired) electrons. The number of carbonyl (C=O) groups excluding carboxylic acids is 2. The monoisotopic (exact) mass is 355 g/mol. The molecule has 7 heteroatoms. The van der Waals surface area contributed by atoms with E-state index in [0.717, 1.165) is 12.0 Å². The lowest BCUT2D eigenvalue weighted by atomic mass is 10.0. The van der Waals surface area contributed by atoms with Crippen molar-refractivity contribution < 1.29 is 19.1 Å². The Morgan fingerprint density at radius 1 is 1.08 bits per heavy atom. The van der Waals surface area contributed by atoms with E-state index in [1.165, 1.54) is 0 Å². The molecule has 0 unspecified atom stereocenters. The highest BCUT2D eigenvalue weighted by Gasteiger charge is 2.32. The van der Waals surface area contributed by atoms with Crippen molar-refractivity contribution in [1.82, 2.24) is 10.9 Å². The molecule has 0 saturated heterocycles. The summed E-state index contributed by atoms with van der Waals surface area (Å²) in [4.78, 5) is 23.6. The Morgan fingerprint density at radius 3 is 2.62 bits per heavy atom. The van der Waals surface area contributed by atoms with Crippen LogP contribution in [0.3, 0.4) is 0 Å². The summed E-state index contributed by atoms with van der Waals surface area (Å²) >= 11 is 0. The van der Waals surface area contributed by atoms with Crippen LogP contribution < -0.4 is 25.6 Å². The van der Waals surface area contributed by atoms with E-state index >= 15 is 0 Å². The highest BCUT2D eigenvalue weighted by Crippen LogP contribution is 2.41. The Balaban J connectivity index is 1.47. The van der Waals surface area contributed by atoms with E-state index in [2.05, 4.69) is 16.2 Å². The van der Waals surface area contributed by atoms with Crippen molar-refractivity contribution in [3.8, 4) is 11.5 Å². The molecule has 0 aromatic heterocycles. The Morgan fingerprint density at radius 2 is 1.85 bits per heavy atom. The first kappa shape index (κ1) is 17.6. The van der Waals surface area contributed by atoms with Gasteiger partial charge in [0.2, 0.25) is 0 Å². The summed E-state index contributed by atoms with van der Waals surface area (Å²) in [6.07, 6.45) is 0.785. The van der Waals surface area contributed by atoms with Crippen molar-refractivity contribution in [3.05, 3.63) is 54.1 Å². The molecule has 0 spiro atoms. The van der Waals surface area contributed by atoms with Gasteiger partial charge in [0, 0.05) is 17.7 Å². The van der Waals surface area contributed by atoms with E-state index in [4.69, 9.17) is 9.47 Å². The smallest absolute Gasteiger partial charge is 0.337 e. The Labute approximate surface area is 151 Å². The topological polar surface area (TPSA) is 88.7 Å². The number of para-hydroxylation sites is 2. The summed E-state index contributed by atoms with van der Waals surface area (Å²) in [6, 6.07) is 14.0. The average molecular weight is 355 g/mol. The second-order valence-corrected chi connectivity index (χ2v) is 6.56. The second kappa shape index (κ2) is 7.35. The minimum absolute atomic E-state index is 0.244. The summed E-state index contributed by atoms with van der Waals surface area (Å²) in [7, 11) is 0. The number of hydrogen-bond acceptors (Lipinski definition) is 4. The molecule has 3 N–H and O–H groups in total. The van der Waals surface area contributed by atoms with Crippen LogP contribution in [0.25, 0.3) is 0 Å². The third-order valence-corrected chi connectivity index (χ3v) is 3.76. The molecule has 1 heterocycles. The maximum Gasteiger partial charge on any atom is 0.337 e. The van der Waals surface area contributed by atoms with E-state index in [-0.39, 0.29) is 12.2 Å². The lowest BCUT2D eigenvalue weighted by molar-refractivity contribution is -0.123. The number of urea groups is 1. The number of carbonyl (C=O) groups is 2. The first-order valence-corrected chi connectivity index (χ1v) is 8.27. The molecular weight excluding hydrogens is 334 g/mol. The molecule has 0 aliphatic carbocycles. The zero-order chi connectivity index (χ0) is 18.6. The van der Waals surface area contributed by atoms with Crippen molar-refractivity contribution in [1.29, 1.82) is 0 Å². The Bertz CT molecular complexity index is 806. The van der Waals surface area contributed by atoms with Crippen LogP contribution in [0.4, 0.5) is 10.5 Å². The SMILES string of the molecule is CC1(C)Cc2cccc(OCC(=O)NNC(=O)Nc3ccccc3)c2O1. The number of anilines is 1. The second-order valence-electron chi connectivity index (χ2n) is 6.56. The first-order chi connectivity index (χ1) is 12.4. The minimum atomic E-state index is -0.546. The zero-order valence-electron chi connectivity index (χ0n) is 14.7. The number of fused-ring (bicyclic) bond motifs is 1. The zero-order valence-corrected chi connectivity index (χ0v) is 14.7. The normalized spacial score (nSPS) is 13.9. The van der Waals surface area contributed by atoms with Gasteiger partial charge in [-0.15, -0.1) is 0 Å². The van der Waals surface area contributed by atoms with Crippen LogP contribution in [-0.2, 0) is 11.2 Å². The fourth-order valence-corrected chi connectivity index (χ4v) is 2.69. The van der Waals surface area contributed by atoms with Gasteiger partial charge in [0.25, 0.3) is 5.91 Å². The summed E-state index contributed by atoms with van der Waals surface area (Å²) in [5, 5.41) is 2.59. The van der Waals surface area contributed by atoms with Crippen molar-refractivity contribution in [2.75, 3.05) is 11.9 Å². The van der Waals surface area contributed by atoms with Crippen LogP contribution >= 0.6 is 0 Å². The van der Waals surface area contributed by atoms with E-state index in [1.54, 1.807) is 30.3 Å². The van der Waals surface area contributed by atoms with Gasteiger partial charge in [0.1, 0.15) is 5.60 Å². The molecule has 0 fully saturated rings. The molecule has 2 aromatic rings. The van der Waals surface area contributed by atoms with E-state index in [0.29, 0.717) is 17.2 Å². The fraction of sp³-hybridized carbons (Fsp3) is 0.263. The number of rotatable bonds is 4. The van der Waals surface area contributed by atoms with Gasteiger partial charge in [-0.3, -0.25) is 10.2 Å². The van der Waals surface area contributed by atoms with Gasteiger partial charge >= 0.3 is 6.03 Å². The van der Waals surface area contributed by atoms with Gasteiger partial charge < -0.3 is 14.8 Å². The minimum Gasteiger partial charge on any atom is -0.483 e. The maximum absolute atomic E-state index is 11.9. The van der Waals surface area contributed by atoms with Gasteiger partial charge in [-0.1, -0.05) is 30.3 Å². The third-order valence-electron chi connectivity index (χ3n) is 3.76. The Kier molecular flexibility index (Phi) is 4.97. The molecule has 2 aromatic carbocycles. The highest BCUT2D eigenvalue weighted by atomic mass is 16.5. The predicted octanol–water partition coefficient (Wildman–Crippen LogP) is 2.63. The highest BCUT2D eigenvalue weighted by molar-refractivity contribution is 5.91. The van der Waals surface area contributed by atoms with Gasteiger partial charge in [-0.05, 0) is 32.0 Å². The van der Waals surface area contributed by atoms with Crippen molar-refractivity contribution in [2.45, 2.75) is 25.9 Å². The van der Waals surface area contributed by atoms with Crippen LogP contribution in [0.15, 0.2) is 48.5 Å². The first-order valence-electron chi connectivity index (χ1n) is 8.27. The van der Waals surface area contributed by atoms with Gasteiger partial charge in [0.15, 0.2) is 18.1 Å². The lowest BCUT2D eigenvalue weighted by Crippen LogP contribution is -2.45. The number of ether oxygens (including phenoxy) is 2. The van der Waals surface area contributed by atoms with Gasteiger partial charge in [0.05, 0.1) is 0 Å². The third kappa shape index (κ3) is 4.44. The summed E-state index contributed by atoms with van der Waals surface area (Å²) in [5.74, 6) is 0.695. The fourth-order valence-electron chi connectivity index (χ4n) is 2.69. The van der Waals surface area contributed by atoms with E-state index in [1.807, 2.05) is 32.0 Å². The number of hydrogen-bond donors (Lipinski definition) is 3. The number of amides is 3. The quantitative estimate of drug-likeness (QED) is 0.736. The van der Waals surface area contributed by atoms with Crippen molar-refractivity contribution in [3.63, 3.8) is 0 Å². The summed E-state index contributed by atoms with van der Waals surface area (Å²) in [5.41, 5.74) is 5.94. The van der Waals surface area contributed by atoms with Crippen LogP contribution in [0.1, 0.15) is 19.4 Å². The molecule has 7 nitrogen and oxygen atoms in total. The van der Waals surface area contributed by atoms with Crippen LogP contribution in [0.5, 0.6) is 11.5 Å². The number of hydrazine groups is 1. The molecule has 0 saturated carbocycles. The predicted molar refractivity (Wildman–Crippen MR) is 97.1 cm³/mol. The molecule has 3 amide bonds. The van der Waals surface area contributed by atoms with E-state index < -0.39 is 11.9 Å². The lowest BCUT2D eigenvalue weighted by Gasteiger charge is -2.18. The molecule has 1 aliphatic heterocycles. The average Bonchev–Trinajstić information content (AvgIpc) is 2.93. The van der Waals surface area contributed by atoms with E-state index in [9.17, 15) is 9.59 Å². The molecule has 136 valence electrons. The van der Waals surface area contributed by atoms with Crippen molar-refractivity contribution >= 4 is 17.6 Å². The molecule has 3 rings (SSSR count). The number of nitrogens with one attached hydrogen (secondary N) is 3. The molecular formula is C19H21N3O4. The van der Waals surface area contributed by atoms with Crippen LogP contribution in [0.2, 0.25) is 0 Å². The Hall–Kier alpha value is -3.22. The largest absolute Gasteiger partial charge is 0.483 e. The molecule has 0 bridgehead atoms. The van der Waals surface area contributed by atoms with Gasteiger partial charge in [-0.2, -0.15) is 0 Å². The van der Waals surface area contributed by atoms with Crippen LogP contribution in [-0.4, -0.2) is 24.1 Å². The standard InChI is InChI=1S/C19H21N3O4/c1-19(2)11-13-7-6-10-15(17(13)26-19)25-12-16(23)21-22-18(24)20-14-8-4-3-5-9-14/h3-10H,11-12H2,1-2H3,(H,21,23)(H2,20,22,24). The summed E-state index contributed by atoms with van der Waals surface area (Å²) in [6.45, 7) is 3.75. The number of benzene rings is 2. The van der Waals surface area contributed by atoms with Crippen molar-refractivity contribution in [2.24, 2.45) is 0 Å². The van der Waals surface area contributed by atoms with Crippen LogP contribution in [0, 0.1) is 0 Å². The molecule has 0 atom stereocenters. The summed E-state index contributed by atoms with van der Waals surface area (Å²) < 4.78 is 11.4. The molecule has 1 aliphatic rings. The maximum atomic E-state index is 11.9.